The molecule has 0 aromatic heterocycles. The van der Waals surface area contributed by atoms with Gasteiger partial charge in [-0.3, -0.25) is 0 Å². The number of methoxy groups -OCH3 is 1. The van der Waals surface area contributed by atoms with Crippen LogP contribution in [0.25, 0.3) is 0 Å². The van der Waals surface area contributed by atoms with Gasteiger partial charge in [-0.1, -0.05) is 56.4 Å². The molecule has 0 saturated heterocycles. The number of rotatable bonds is 6. The normalized spacial score (nSPS) is 18.4. The zero-order valence-corrected chi connectivity index (χ0v) is 12.0. The van der Waals surface area contributed by atoms with E-state index >= 15 is 0 Å². The third-order valence-electron chi connectivity index (χ3n) is 4.24. The fourth-order valence-corrected chi connectivity index (χ4v) is 3.00. The van der Waals surface area contributed by atoms with Gasteiger partial charge in [-0.25, -0.2) is 0 Å². The summed E-state index contributed by atoms with van der Waals surface area (Å²) < 4.78 is 5.07. The van der Waals surface area contributed by atoms with Crippen LogP contribution in [0.5, 0.6) is 0 Å². The van der Waals surface area contributed by atoms with Crippen molar-refractivity contribution in [1.82, 2.24) is 0 Å². The molecule has 0 radical (unpaired) electrons. The van der Waals surface area contributed by atoms with Crippen molar-refractivity contribution in [3.8, 4) is 0 Å². The molecule has 0 bridgehead atoms. The number of aliphatic hydroxyl groups is 1. The Balaban J connectivity index is 1.85. The van der Waals surface area contributed by atoms with E-state index in [4.69, 9.17) is 4.74 Å². The zero-order valence-electron chi connectivity index (χ0n) is 12.0. The minimum atomic E-state index is -0.292. The highest BCUT2D eigenvalue weighted by molar-refractivity contribution is 5.24. The molecule has 19 heavy (non-hydrogen) atoms. The first kappa shape index (κ1) is 14.5. The smallest absolute Gasteiger partial charge is 0.0792 e. The van der Waals surface area contributed by atoms with Crippen molar-refractivity contribution in [2.45, 2.75) is 51.0 Å². The lowest BCUT2D eigenvalue weighted by Crippen LogP contribution is -2.11. The van der Waals surface area contributed by atoms with Crippen LogP contribution in [-0.2, 0) is 11.2 Å². The molecule has 1 aromatic carbocycles. The zero-order chi connectivity index (χ0) is 13.5. The minimum Gasteiger partial charge on any atom is -0.388 e. The number of hydrogen-bond donors (Lipinski definition) is 1. The van der Waals surface area contributed by atoms with Crippen LogP contribution in [0, 0.1) is 5.92 Å². The Hall–Kier alpha value is -0.860. The second kappa shape index (κ2) is 7.66. The molecule has 2 rings (SSSR count). The molecular formula is C17H26O2. The summed E-state index contributed by atoms with van der Waals surface area (Å²) in [5.74, 6) is 0.719. The lowest BCUT2D eigenvalue weighted by Gasteiger charge is -2.24. The maximum Gasteiger partial charge on any atom is 0.0792 e. The third-order valence-corrected chi connectivity index (χ3v) is 4.24. The van der Waals surface area contributed by atoms with Gasteiger partial charge < -0.3 is 9.84 Å². The predicted molar refractivity (Wildman–Crippen MR) is 78.2 cm³/mol. The molecule has 1 aliphatic rings. The van der Waals surface area contributed by atoms with Crippen LogP contribution in [-0.4, -0.2) is 18.8 Å². The van der Waals surface area contributed by atoms with E-state index in [1.54, 1.807) is 7.11 Å². The van der Waals surface area contributed by atoms with Gasteiger partial charge in [0.25, 0.3) is 0 Å². The highest BCUT2D eigenvalue weighted by Crippen LogP contribution is 2.31. The van der Waals surface area contributed by atoms with Crippen LogP contribution >= 0.6 is 0 Å². The summed E-state index contributed by atoms with van der Waals surface area (Å²) in [5.41, 5.74) is 2.34. The average molecular weight is 262 g/mol. The molecule has 106 valence electrons. The van der Waals surface area contributed by atoms with E-state index in [1.807, 2.05) is 0 Å². The van der Waals surface area contributed by atoms with Crippen LogP contribution < -0.4 is 0 Å². The molecule has 0 heterocycles. The van der Waals surface area contributed by atoms with E-state index < -0.39 is 0 Å². The van der Waals surface area contributed by atoms with Gasteiger partial charge in [-0.2, -0.15) is 0 Å². The topological polar surface area (TPSA) is 29.5 Å². The Kier molecular flexibility index (Phi) is 5.87. The molecule has 0 spiro atoms. The maximum absolute atomic E-state index is 10.3. The van der Waals surface area contributed by atoms with Crippen LogP contribution in [0.2, 0.25) is 0 Å². The Labute approximate surface area is 116 Å². The van der Waals surface area contributed by atoms with Crippen molar-refractivity contribution < 1.29 is 9.84 Å². The molecular weight excluding hydrogens is 236 g/mol. The Morgan fingerprint density at radius 1 is 1.16 bits per heavy atom. The maximum atomic E-state index is 10.3. The third kappa shape index (κ3) is 4.63. The second-order valence-corrected chi connectivity index (χ2v) is 5.74. The van der Waals surface area contributed by atoms with E-state index in [0.717, 1.165) is 30.9 Å². The van der Waals surface area contributed by atoms with Crippen LogP contribution in [0.4, 0.5) is 0 Å². The van der Waals surface area contributed by atoms with Crippen LogP contribution in [0.3, 0.4) is 0 Å². The fraction of sp³-hybridized carbons (Fsp3) is 0.647. The van der Waals surface area contributed by atoms with Gasteiger partial charge in [-0.05, 0) is 29.9 Å². The summed E-state index contributed by atoms with van der Waals surface area (Å²) in [6, 6.07) is 8.36. The summed E-state index contributed by atoms with van der Waals surface area (Å²) in [4.78, 5) is 0. The van der Waals surface area contributed by atoms with Crippen molar-refractivity contribution in [2.75, 3.05) is 13.7 Å². The van der Waals surface area contributed by atoms with Crippen LogP contribution in [0.15, 0.2) is 24.3 Å². The molecule has 1 saturated carbocycles. The van der Waals surface area contributed by atoms with Gasteiger partial charge in [0, 0.05) is 7.11 Å². The van der Waals surface area contributed by atoms with Crippen LogP contribution in [0.1, 0.15) is 55.8 Å². The molecule has 1 aliphatic carbocycles. The molecule has 1 fully saturated rings. The average Bonchev–Trinajstić information content (AvgIpc) is 2.46. The van der Waals surface area contributed by atoms with E-state index in [0.29, 0.717) is 0 Å². The van der Waals surface area contributed by atoms with Crippen molar-refractivity contribution in [2.24, 2.45) is 5.92 Å². The second-order valence-electron chi connectivity index (χ2n) is 5.74. The quantitative estimate of drug-likeness (QED) is 0.843. The molecule has 2 heteroatoms. The molecule has 2 nitrogen and oxygen atoms in total. The van der Waals surface area contributed by atoms with Crippen molar-refractivity contribution in [3.63, 3.8) is 0 Å². The highest BCUT2D eigenvalue weighted by Gasteiger charge is 2.18. The standard InChI is InChI=1S/C17H26O2/c1-19-12-11-14-7-9-16(10-8-14)17(18)13-15-5-3-2-4-6-15/h7-10,15,17-18H,2-6,11-13H2,1H3. The Morgan fingerprint density at radius 3 is 2.47 bits per heavy atom. The molecule has 0 amide bonds. The largest absolute Gasteiger partial charge is 0.388 e. The van der Waals surface area contributed by atoms with Crippen molar-refractivity contribution >= 4 is 0 Å². The lowest BCUT2D eigenvalue weighted by atomic mass is 9.84. The van der Waals surface area contributed by atoms with Gasteiger partial charge >= 0.3 is 0 Å². The monoisotopic (exact) mass is 262 g/mol. The van der Waals surface area contributed by atoms with Crippen molar-refractivity contribution in [1.29, 1.82) is 0 Å². The van der Waals surface area contributed by atoms with Gasteiger partial charge in [0.15, 0.2) is 0 Å². The minimum absolute atomic E-state index is 0.292. The first-order valence-electron chi connectivity index (χ1n) is 7.55. The van der Waals surface area contributed by atoms with Crippen molar-refractivity contribution in [3.05, 3.63) is 35.4 Å². The van der Waals surface area contributed by atoms with Gasteiger partial charge in [0.05, 0.1) is 12.7 Å². The van der Waals surface area contributed by atoms with E-state index in [2.05, 4.69) is 24.3 Å². The first-order chi connectivity index (χ1) is 9.29. The molecule has 1 aromatic rings. The molecule has 1 N–H and O–H groups in total. The Bertz CT molecular complexity index is 352. The number of aliphatic hydroxyl groups excluding tert-OH is 1. The summed E-state index contributed by atoms with van der Waals surface area (Å²) >= 11 is 0. The summed E-state index contributed by atoms with van der Waals surface area (Å²) in [6.45, 7) is 0.754. The number of benzene rings is 1. The number of hydrogen-bond acceptors (Lipinski definition) is 2. The SMILES string of the molecule is COCCc1ccc(C(O)CC2CCCCC2)cc1. The lowest BCUT2D eigenvalue weighted by molar-refractivity contribution is 0.131. The van der Waals surface area contributed by atoms with Gasteiger partial charge in [0.1, 0.15) is 0 Å². The summed E-state index contributed by atoms with van der Waals surface area (Å²) in [6.07, 6.45) is 8.22. The van der Waals surface area contributed by atoms with Gasteiger partial charge in [0.2, 0.25) is 0 Å². The number of ether oxygens (including phenoxy) is 1. The fourth-order valence-electron chi connectivity index (χ4n) is 3.00. The molecule has 1 unspecified atom stereocenters. The Morgan fingerprint density at radius 2 is 1.84 bits per heavy atom. The van der Waals surface area contributed by atoms with E-state index in [9.17, 15) is 5.11 Å². The summed E-state index contributed by atoms with van der Waals surface area (Å²) in [5, 5.41) is 10.3. The van der Waals surface area contributed by atoms with Gasteiger partial charge in [-0.15, -0.1) is 0 Å². The first-order valence-corrected chi connectivity index (χ1v) is 7.55. The van der Waals surface area contributed by atoms with E-state index in [-0.39, 0.29) is 6.10 Å². The summed E-state index contributed by atoms with van der Waals surface area (Å²) in [7, 11) is 1.72. The van der Waals surface area contributed by atoms with E-state index in [1.165, 1.54) is 37.7 Å². The molecule has 0 aliphatic heterocycles. The highest BCUT2D eigenvalue weighted by atomic mass is 16.5. The predicted octanol–water partition coefficient (Wildman–Crippen LogP) is 3.88. The molecule has 1 atom stereocenters.